The Bertz CT molecular complexity index is 1040. The largest absolute Gasteiger partial charge is 0.497 e. The summed E-state index contributed by atoms with van der Waals surface area (Å²) in [6, 6.07) is 15.6. The number of benzene rings is 2. The van der Waals surface area contributed by atoms with E-state index in [0.717, 1.165) is 61.1 Å². The Morgan fingerprint density at radius 1 is 1.06 bits per heavy atom. The highest BCUT2D eigenvalue weighted by molar-refractivity contribution is 5.95. The van der Waals surface area contributed by atoms with Gasteiger partial charge in [0.05, 0.1) is 32.3 Å². The minimum absolute atomic E-state index is 0.0167. The van der Waals surface area contributed by atoms with Crippen LogP contribution in [0.1, 0.15) is 33.4 Å². The molecule has 3 aromatic rings. The molecule has 1 amide bonds. The SMILES string of the molecule is COc1ccc([C@H]2c3nc[nH]c3CCN2C(=O)c2ccc(N3CCOCC3)cc2)cc1. The van der Waals surface area contributed by atoms with Gasteiger partial charge in [0.25, 0.3) is 5.91 Å². The number of hydrogen-bond donors (Lipinski definition) is 1. The lowest BCUT2D eigenvalue weighted by Crippen LogP contribution is -2.40. The molecular weight excluding hydrogens is 392 g/mol. The number of fused-ring (bicyclic) bond motifs is 1. The molecule has 7 heteroatoms. The summed E-state index contributed by atoms with van der Waals surface area (Å²) in [5.41, 5.74) is 4.84. The van der Waals surface area contributed by atoms with E-state index in [1.165, 1.54) is 0 Å². The molecule has 7 nitrogen and oxygen atoms in total. The molecular formula is C24H26N4O3. The summed E-state index contributed by atoms with van der Waals surface area (Å²) >= 11 is 0. The molecule has 2 aliphatic heterocycles. The zero-order valence-corrected chi connectivity index (χ0v) is 17.6. The van der Waals surface area contributed by atoms with Crippen molar-refractivity contribution in [2.75, 3.05) is 44.9 Å². The van der Waals surface area contributed by atoms with E-state index < -0.39 is 0 Å². The number of aromatic nitrogens is 2. The molecule has 0 aliphatic carbocycles. The zero-order valence-electron chi connectivity index (χ0n) is 17.6. The Morgan fingerprint density at radius 3 is 2.52 bits per heavy atom. The predicted octanol–water partition coefficient (Wildman–Crippen LogP) is 3.04. The average molecular weight is 418 g/mol. The normalized spacial score (nSPS) is 18.5. The molecule has 2 aromatic carbocycles. The maximum atomic E-state index is 13.6. The Morgan fingerprint density at radius 2 is 1.81 bits per heavy atom. The molecule has 0 saturated carbocycles. The van der Waals surface area contributed by atoms with E-state index in [4.69, 9.17) is 9.47 Å². The smallest absolute Gasteiger partial charge is 0.254 e. The summed E-state index contributed by atoms with van der Waals surface area (Å²) in [5.74, 6) is 0.807. The van der Waals surface area contributed by atoms with E-state index in [2.05, 4.69) is 14.9 Å². The molecule has 3 heterocycles. The molecule has 2 aliphatic rings. The average Bonchev–Trinajstić information content (AvgIpc) is 3.33. The van der Waals surface area contributed by atoms with Crippen molar-refractivity contribution in [1.82, 2.24) is 14.9 Å². The number of methoxy groups -OCH3 is 1. The number of morpholine rings is 1. The third kappa shape index (κ3) is 3.77. The summed E-state index contributed by atoms with van der Waals surface area (Å²) in [6.45, 7) is 3.87. The topological polar surface area (TPSA) is 70.7 Å². The molecule has 0 spiro atoms. The maximum Gasteiger partial charge on any atom is 0.254 e. The minimum atomic E-state index is -0.229. The molecule has 1 atom stereocenters. The fourth-order valence-electron chi connectivity index (χ4n) is 4.42. The van der Waals surface area contributed by atoms with Crippen LogP contribution in [-0.2, 0) is 11.2 Å². The highest BCUT2D eigenvalue weighted by atomic mass is 16.5. The van der Waals surface area contributed by atoms with Gasteiger partial charge in [-0.25, -0.2) is 4.98 Å². The van der Waals surface area contributed by atoms with Crippen LogP contribution in [0.5, 0.6) is 5.75 Å². The van der Waals surface area contributed by atoms with Gasteiger partial charge >= 0.3 is 0 Å². The standard InChI is InChI=1S/C24H26N4O3/c1-30-20-8-4-17(5-9-20)23-22-21(25-16-26-22)10-11-28(23)24(29)18-2-6-19(7-3-18)27-12-14-31-15-13-27/h2-9,16,23H,10-15H2,1H3,(H,25,26)/t23-/m0/s1. The molecule has 31 heavy (non-hydrogen) atoms. The molecule has 0 bridgehead atoms. The van der Waals surface area contributed by atoms with Crippen LogP contribution in [0, 0.1) is 0 Å². The number of aromatic amines is 1. The number of hydrogen-bond acceptors (Lipinski definition) is 5. The fraction of sp³-hybridized carbons (Fsp3) is 0.333. The van der Waals surface area contributed by atoms with Gasteiger partial charge in [-0.3, -0.25) is 4.79 Å². The van der Waals surface area contributed by atoms with E-state index in [-0.39, 0.29) is 11.9 Å². The number of carbonyl (C=O) groups is 1. The second-order valence-corrected chi connectivity index (χ2v) is 7.84. The third-order valence-electron chi connectivity index (χ3n) is 6.11. The second-order valence-electron chi connectivity index (χ2n) is 7.84. The molecule has 5 rings (SSSR count). The highest BCUT2D eigenvalue weighted by Crippen LogP contribution is 2.35. The van der Waals surface area contributed by atoms with Crippen LogP contribution in [0.4, 0.5) is 5.69 Å². The zero-order chi connectivity index (χ0) is 21.2. The first-order valence-electron chi connectivity index (χ1n) is 10.6. The van der Waals surface area contributed by atoms with Crippen LogP contribution < -0.4 is 9.64 Å². The lowest BCUT2D eigenvalue weighted by molar-refractivity contribution is 0.0690. The lowest BCUT2D eigenvalue weighted by atomic mass is 9.94. The van der Waals surface area contributed by atoms with Crippen molar-refractivity contribution in [3.05, 3.63) is 77.4 Å². The van der Waals surface area contributed by atoms with E-state index >= 15 is 0 Å². The first-order chi connectivity index (χ1) is 15.2. The number of ether oxygens (including phenoxy) is 2. The van der Waals surface area contributed by atoms with Gasteiger partial charge in [-0.1, -0.05) is 12.1 Å². The van der Waals surface area contributed by atoms with Crippen molar-refractivity contribution >= 4 is 11.6 Å². The van der Waals surface area contributed by atoms with Crippen molar-refractivity contribution in [2.24, 2.45) is 0 Å². The van der Waals surface area contributed by atoms with Crippen LogP contribution >= 0.6 is 0 Å². The van der Waals surface area contributed by atoms with Crippen molar-refractivity contribution in [2.45, 2.75) is 12.5 Å². The van der Waals surface area contributed by atoms with Gasteiger partial charge in [0.2, 0.25) is 0 Å². The van der Waals surface area contributed by atoms with Crippen LogP contribution in [0.25, 0.3) is 0 Å². The van der Waals surface area contributed by atoms with Gasteiger partial charge in [0.1, 0.15) is 11.8 Å². The molecule has 1 N–H and O–H groups in total. The quantitative estimate of drug-likeness (QED) is 0.705. The first-order valence-corrected chi connectivity index (χ1v) is 10.6. The van der Waals surface area contributed by atoms with Gasteiger partial charge in [-0.05, 0) is 42.0 Å². The Hall–Kier alpha value is -3.32. The molecule has 0 radical (unpaired) electrons. The van der Waals surface area contributed by atoms with Crippen molar-refractivity contribution in [3.63, 3.8) is 0 Å². The number of nitrogens with zero attached hydrogens (tertiary/aromatic N) is 3. The number of nitrogens with one attached hydrogen (secondary N) is 1. The van der Waals surface area contributed by atoms with Gasteiger partial charge < -0.3 is 24.3 Å². The van der Waals surface area contributed by atoms with Gasteiger partial charge in [-0.2, -0.15) is 0 Å². The van der Waals surface area contributed by atoms with Gasteiger partial charge in [-0.15, -0.1) is 0 Å². The van der Waals surface area contributed by atoms with Crippen LogP contribution in [-0.4, -0.2) is 60.7 Å². The summed E-state index contributed by atoms with van der Waals surface area (Å²) in [5, 5.41) is 0. The summed E-state index contributed by atoms with van der Waals surface area (Å²) < 4.78 is 10.7. The third-order valence-corrected chi connectivity index (χ3v) is 6.11. The van der Waals surface area contributed by atoms with Gasteiger partial charge in [0.15, 0.2) is 0 Å². The first kappa shape index (κ1) is 19.6. The van der Waals surface area contributed by atoms with Crippen LogP contribution in [0.3, 0.4) is 0 Å². The number of carbonyl (C=O) groups excluding carboxylic acids is 1. The fourth-order valence-corrected chi connectivity index (χ4v) is 4.42. The number of amides is 1. The summed E-state index contributed by atoms with van der Waals surface area (Å²) in [4.78, 5) is 25.6. The van der Waals surface area contributed by atoms with Gasteiger partial charge in [0, 0.05) is 43.0 Å². The molecule has 1 fully saturated rings. The summed E-state index contributed by atoms with van der Waals surface area (Å²) in [7, 11) is 1.65. The highest BCUT2D eigenvalue weighted by Gasteiger charge is 2.34. The second kappa shape index (κ2) is 8.43. The van der Waals surface area contributed by atoms with E-state index in [1.807, 2.05) is 53.4 Å². The van der Waals surface area contributed by atoms with E-state index in [9.17, 15) is 4.79 Å². The van der Waals surface area contributed by atoms with Crippen molar-refractivity contribution < 1.29 is 14.3 Å². The Kier molecular flexibility index (Phi) is 5.34. The van der Waals surface area contributed by atoms with Crippen LogP contribution in [0.2, 0.25) is 0 Å². The summed E-state index contributed by atoms with van der Waals surface area (Å²) in [6.07, 6.45) is 2.48. The van der Waals surface area contributed by atoms with Crippen molar-refractivity contribution in [3.8, 4) is 5.75 Å². The Labute approximate surface area is 181 Å². The maximum absolute atomic E-state index is 13.6. The number of imidazole rings is 1. The molecule has 1 saturated heterocycles. The van der Waals surface area contributed by atoms with Crippen molar-refractivity contribution in [1.29, 1.82) is 0 Å². The van der Waals surface area contributed by atoms with Crippen LogP contribution in [0.15, 0.2) is 54.9 Å². The molecule has 0 unspecified atom stereocenters. The number of anilines is 1. The van der Waals surface area contributed by atoms with E-state index in [1.54, 1.807) is 13.4 Å². The lowest BCUT2D eigenvalue weighted by Gasteiger charge is -2.35. The monoisotopic (exact) mass is 418 g/mol. The molecule has 1 aromatic heterocycles. The number of H-pyrrole nitrogens is 1. The number of rotatable bonds is 4. The molecule has 160 valence electrons. The predicted molar refractivity (Wildman–Crippen MR) is 118 cm³/mol. The van der Waals surface area contributed by atoms with E-state index in [0.29, 0.717) is 12.1 Å². The Balaban J connectivity index is 1.43. The minimum Gasteiger partial charge on any atom is -0.497 e.